The van der Waals surface area contributed by atoms with E-state index in [0.717, 1.165) is 25.7 Å². The summed E-state index contributed by atoms with van der Waals surface area (Å²) in [4.78, 5) is 34.3. The van der Waals surface area contributed by atoms with E-state index < -0.39 is 12.0 Å². The number of carbonyl (C=O) groups excluding carboxylic acids is 2. The van der Waals surface area contributed by atoms with Crippen LogP contribution in [-0.2, 0) is 16.1 Å². The van der Waals surface area contributed by atoms with E-state index in [4.69, 9.17) is 9.52 Å². The molecule has 1 fully saturated rings. The summed E-state index contributed by atoms with van der Waals surface area (Å²) in [5.74, 6) is -1.32. The number of carboxylic acids is 1. The van der Waals surface area contributed by atoms with Crippen LogP contribution in [0.2, 0.25) is 0 Å². The third-order valence-corrected chi connectivity index (χ3v) is 3.82. The summed E-state index contributed by atoms with van der Waals surface area (Å²) in [6, 6.07) is 2.30. The van der Waals surface area contributed by atoms with Gasteiger partial charge in [0.05, 0.1) is 6.54 Å². The van der Waals surface area contributed by atoms with Gasteiger partial charge in [-0.05, 0) is 30.9 Å². The van der Waals surface area contributed by atoms with Crippen molar-refractivity contribution in [3.8, 4) is 0 Å². The van der Waals surface area contributed by atoms with Crippen LogP contribution in [0, 0.1) is 5.92 Å². The van der Waals surface area contributed by atoms with Gasteiger partial charge < -0.3 is 20.2 Å². The topological polar surface area (TPSA) is 109 Å². The molecule has 7 heteroatoms. The lowest BCUT2D eigenvalue weighted by Crippen LogP contribution is -2.49. The molecule has 0 radical (unpaired) electrons. The SMILES string of the molecule is CC(=O)NC(C(=O)NCc1ccc(C(=O)O)o1)C1CCCC1. The van der Waals surface area contributed by atoms with Gasteiger partial charge in [0, 0.05) is 6.92 Å². The molecule has 0 bridgehead atoms. The minimum absolute atomic E-state index is 0.0922. The van der Waals surface area contributed by atoms with E-state index in [-0.39, 0.29) is 30.0 Å². The van der Waals surface area contributed by atoms with Crippen molar-refractivity contribution in [1.29, 1.82) is 0 Å². The highest BCUT2D eigenvalue weighted by Crippen LogP contribution is 2.28. The molecular weight excluding hydrogens is 288 g/mol. The molecule has 0 spiro atoms. The fourth-order valence-electron chi connectivity index (χ4n) is 2.78. The second kappa shape index (κ2) is 7.11. The van der Waals surface area contributed by atoms with Crippen LogP contribution in [0.5, 0.6) is 0 Å². The number of furan rings is 1. The zero-order valence-corrected chi connectivity index (χ0v) is 12.4. The van der Waals surface area contributed by atoms with Crippen molar-refractivity contribution in [1.82, 2.24) is 10.6 Å². The zero-order valence-electron chi connectivity index (χ0n) is 12.4. The summed E-state index contributed by atoms with van der Waals surface area (Å²) in [5.41, 5.74) is 0. The molecule has 1 saturated carbocycles. The molecule has 0 saturated heterocycles. The number of hydrogen-bond donors (Lipinski definition) is 3. The third kappa shape index (κ3) is 4.09. The Bertz CT molecular complexity index is 560. The number of carboxylic acid groups (broad SMARTS) is 1. The van der Waals surface area contributed by atoms with E-state index in [1.807, 2.05) is 0 Å². The second-order valence-electron chi connectivity index (χ2n) is 5.51. The van der Waals surface area contributed by atoms with Crippen molar-refractivity contribution in [3.05, 3.63) is 23.7 Å². The van der Waals surface area contributed by atoms with E-state index in [9.17, 15) is 14.4 Å². The molecule has 1 atom stereocenters. The van der Waals surface area contributed by atoms with Gasteiger partial charge in [-0.15, -0.1) is 0 Å². The Hall–Kier alpha value is -2.31. The molecule has 1 aromatic rings. The summed E-state index contributed by atoms with van der Waals surface area (Å²) in [6.45, 7) is 1.48. The number of hydrogen-bond acceptors (Lipinski definition) is 4. The van der Waals surface area contributed by atoms with E-state index in [1.54, 1.807) is 0 Å². The first kappa shape index (κ1) is 16.1. The number of aromatic carboxylic acids is 1. The first-order valence-electron chi connectivity index (χ1n) is 7.34. The summed E-state index contributed by atoms with van der Waals surface area (Å²) in [5, 5.41) is 14.2. The summed E-state index contributed by atoms with van der Waals surface area (Å²) >= 11 is 0. The predicted octanol–water partition coefficient (Wildman–Crippen LogP) is 1.29. The highest BCUT2D eigenvalue weighted by Gasteiger charge is 2.31. The minimum atomic E-state index is -1.15. The van der Waals surface area contributed by atoms with Crippen LogP contribution in [0.1, 0.15) is 48.9 Å². The molecule has 120 valence electrons. The maximum absolute atomic E-state index is 12.3. The lowest BCUT2D eigenvalue weighted by atomic mass is 9.97. The Morgan fingerprint density at radius 1 is 1.32 bits per heavy atom. The lowest BCUT2D eigenvalue weighted by Gasteiger charge is -2.23. The summed E-state index contributed by atoms with van der Waals surface area (Å²) < 4.78 is 5.08. The van der Waals surface area contributed by atoms with E-state index in [2.05, 4.69) is 10.6 Å². The van der Waals surface area contributed by atoms with E-state index >= 15 is 0 Å². The molecule has 22 heavy (non-hydrogen) atoms. The third-order valence-electron chi connectivity index (χ3n) is 3.82. The molecule has 2 amide bonds. The molecule has 1 aliphatic carbocycles. The van der Waals surface area contributed by atoms with Crippen LogP contribution in [0.4, 0.5) is 0 Å². The van der Waals surface area contributed by atoms with E-state index in [0.29, 0.717) is 5.76 Å². The van der Waals surface area contributed by atoms with Crippen LogP contribution in [-0.4, -0.2) is 28.9 Å². The zero-order chi connectivity index (χ0) is 16.1. The summed E-state index contributed by atoms with van der Waals surface area (Å²) in [7, 11) is 0. The van der Waals surface area contributed by atoms with Gasteiger partial charge in [-0.25, -0.2) is 4.79 Å². The number of carbonyl (C=O) groups is 3. The van der Waals surface area contributed by atoms with Gasteiger partial charge in [0.25, 0.3) is 0 Å². The van der Waals surface area contributed by atoms with Gasteiger partial charge in [-0.1, -0.05) is 12.8 Å². The number of nitrogens with one attached hydrogen (secondary N) is 2. The average molecular weight is 308 g/mol. The van der Waals surface area contributed by atoms with Gasteiger partial charge in [0.1, 0.15) is 11.8 Å². The van der Waals surface area contributed by atoms with Crippen LogP contribution in [0.25, 0.3) is 0 Å². The molecular formula is C15H20N2O5. The number of amides is 2. The molecule has 1 unspecified atom stereocenters. The van der Waals surface area contributed by atoms with Crippen molar-refractivity contribution < 1.29 is 23.9 Å². The van der Waals surface area contributed by atoms with Crippen molar-refractivity contribution in [2.24, 2.45) is 5.92 Å². The molecule has 2 rings (SSSR count). The molecule has 7 nitrogen and oxygen atoms in total. The normalized spacial score (nSPS) is 16.2. The number of rotatable bonds is 6. The molecule has 0 aliphatic heterocycles. The Morgan fingerprint density at radius 2 is 2.00 bits per heavy atom. The Morgan fingerprint density at radius 3 is 2.55 bits per heavy atom. The maximum Gasteiger partial charge on any atom is 0.371 e. The fourth-order valence-corrected chi connectivity index (χ4v) is 2.78. The monoisotopic (exact) mass is 308 g/mol. The maximum atomic E-state index is 12.3. The van der Waals surface area contributed by atoms with Crippen molar-refractivity contribution in [3.63, 3.8) is 0 Å². The predicted molar refractivity (Wildman–Crippen MR) is 77.1 cm³/mol. The van der Waals surface area contributed by atoms with Crippen LogP contribution in [0.3, 0.4) is 0 Å². The Kier molecular flexibility index (Phi) is 5.19. The van der Waals surface area contributed by atoms with Crippen molar-refractivity contribution in [2.75, 3.05) is 0 Å². The van der Waals surface area contributed by atoms with Gasteiger partial charge in [-0.2, -0.15) is 0 Å². The smallest absolute Gasteiger partial charge is 0.371 e. The first-order chi connectivity index (χ1) is 10.5. The molecule has 0 aromatic carbocycles. The van der Waals surface area contributed by atoms with Crippen molar-refractivity contribution >= 4 is 17.8 Å². The van der Waals surface area contributed by atoms with Crippen LogP contribution < -0.4 is 10.6 Å². The fraction of sp³-hybridized carbons (Fsp3) is 0.533. The lowest BCUT2D eigenvalue weighted by molar-refractivity contribution is -0.129. The van der Waals surface area contributed by atoms with Crippen LogP contribution in [0.15, 0.2) is 16.5 Å². The molecule has 1 aromatic heterocycles. The standard InChI is InChI=1S/C15H20N2O5/c1-9(18)17-13(10-4-2-3-5-10)14(19)16-8-11-6-7-12(22-11)15(20)21/h6-7,10,13H,2-5,8H2,1H3,(H,16,19)(H,17,18)(H,20,21). The highest BCUT2D eigenvalue weighted by atomic mass is 16.4. The van der Waals surface area contributed by atoms with Gasteiger partial charge in [-0.3, -0.25) is 9.59 Å². The molecule has 1 heterocycles. The van der Waals surface area contributed by atoms with Gasteiger partial charge in [0.2, 0.25) is 17.6 Å². The largest absolute Gasteiger partial charge is 0.475 e. The second-order valence-corrected chi connectivity index (χ2v) is 5.51. The Labute approximate surface area is 128 Å². The average Bonchev–Trinajstić information content (AvgIpc) is 3.12. The summed E-state index contributed by atoms with van der Waals surface area (Å²) in [6.07, 6.45) is 3.97. The minimum Gasteiger partial charge on any atom is -0.475 e. The highest BCUT2D eigenvalue weighted by molar-refractivity contribution is 5.87. The first-order valence-corrected chi connectivity index (χ1v) is 7.34. The Balaban J connectivity index is 1.94. The van der Waals surface area contributed by atoms with Gasteiger partial charge >= 0.3 is 5.97 Å². The van der Waals surface area contributed by atoms with Crippen LogP contribution >= 0.6 is 0 Å². The van der Waals surface area contributed by atoms with Gasteiger partial charge in [0.15, 0.2) is 0 Å². The molecule has 3 N–H and O–H groups in total. The molecule has 1 aliphatic rings. The quantitative estimate of drug-likeness (QED) is 0.733. The van der Waals surface area contributed by atoms with Crippen molar-refractivity contribution in [2.45, 2.75) is 45.2 Å². The van der Waals surface area contributed by atoms with E-state index in [1.165, 1.54) is 19.1 Å².